The fraction of sp³-hybridized carbons (Fsp3) is 0.550. The number of carbonyl (C=O) groups is 3. The van der Waals surface area contributed by atoms with E-state index in [-0.39, 0.29) is 30.2 Å². The lowest BCUT2D eigenvalue weighted by Crippen LogP contribution is -2.58. The topological polar surface area (TPSA) is 69.7 Å². The summed E-state index contributed by atoms with van der Waals surface area (Å²) in [5.41, 5.74) is 1.44. The third-order valence-electron chi connectivity index (χ3n) is 5.17. The maximum absolute atomic E-state index is 13.0. The molecule has 1 saturated carbocycles. The molecular weight excluding hydrogens is 330 g/mol. The SMILES string of the molecule is Cc1ccccc1C(=O)N[C@@H](C(=O)N1CCN(C2CC2)C(=O)C1)C(C)C. The lowest BCUT2D eigenvalue weighted by molar-refractivity contribution is -0.147. The van der Waals surface area contributed by atoms with E-state index in [0.29, 0.717) is 24.7 Å². The molecule has 1 aromatic carbocycles. The van der Waals surface area contributed by atoms with Crippen LogP contribution in [0, 0.1) is 12.8 Å². The first kappa shape index (κ1) is 18.4. The van der Waals surface area contributed by atoms with Crippen LogP contribution in [-0.4, -0.2) is 59.2 Å². The Labute approximate surface area is 154 Å². The van der Waals surface area contributed by atoms with Gasteiger partial charge in [0.1, 0.15) is 6.04 Å². The smallest absolute Gasteiger partial charge is 0.252 e. The van der Waals surface area contributed by atoms with Gasteiger partial charge in [0, 0.05) is 24.7 Å². The van der Waals surface area contributed by atoms with Crippen molar-refractivity contribution in [1.82, 2.24) is 15.1 Å². The van der Waals surface area contributed by atoms with Gasteiger partial charge in [-0.1, -0.05) is 32.0 Å². The molecule has 0 unspecified atom stereocenters. The van der Waals surface area contributed by atoms with Crippen LogP contribution < -0.4 is 5.32 Å². The molecule has 0 aromatic heterocycles. The van der Waals surface area contributed by atoms with Gasteiger partial charge in [-0.3, -0.25) is 14.4 Å². The van der Waals surface area contributed by atoms with Gasteiger partial charge in [-0.05, 0) is 37.3 Å². The number of benzene rings is 1. The molecule has 140 valence electrons. The molecule has 1 aliphatic heterocycles. The average molecular weight is 357 g/mol. The van der Waals surface area contributed by atoms with Crippen molar-refractivity contribution in [2.45, 2.75) is 45.7 Å². The molecule has 3 rings (SSSR count). The van der Waals surface area contributed by atoms with Crippen LogP contribution >= 0.6 is 0 Å². The zero-order valence-electron chi connectivity index (χ0n) is 15.7. The Morgan fingerprint density at radius 3 is 2.42 bits per heavy atom. The highest BCUT2D eigenvalue weighted by atomic mass is 16.2. The van der Waals surface area contributed by atoms with Crippen molar-refractivity contribution in [3.8, 4) is 0 Å². The van der Waals surface area contributed by atoms with Crippen molar-refractivity contribution >= 4 is 17.7 Å². The Kier molecular flexibility index (Phi) is 5.30. The summed E-state index contributed by atoms with van der Waals surface area (Å²) in [7, 11) is 0. The molecule has 2 fully saturated rings. The summed E-state index contributed by atoms with van der Waals surface area (Å²) in [4.78, 5) is 41.4. The molecule has 2 aliphatic rings. The third kappa shape index (κ3) is 3.89. The second-order valence-corrected chi connectivity index (χ2v) is 7.59. The minimum atomic E-state index is -0.637. The van der Waals surface area contributed by atoms with Gasteiger partial charge in [0.05, 0.1) is 6.54 Å². The number of carbonyl (C=O) groups excluding carboxylic acids is 3. The molecule has 1 saturated heterocycles. The van der Waals surface area contributed by atoms with E-state index in [1.165, 1.54) is 0 Å². The third-order valence-corrected chi connectivity index (χ3v) is 5.17. The van der Waals surface area contributed by atoms with Crippen molar-refractivity contribution in [2.75, 3.05) is 19.6 Å². The van der Waals surface area contributed by atoms with E-state index in [9.17, 15) is 14.4 Å². The minimum absolute atomic E-state index is 0.0137. The maximum atomic E-state index is 13.0. The summed E-state index contributed by atoms with van der Waals surface area (Å²) in [5, 5.41) is 2.88. The van der Waals surface area contributed by atoms with E-state index in [2.05, 4.69) is 5.32 Å². The second kappa shape index (κ2) is 7.48. The summed E-state index contributed by atoms with van der Waals surface area (Å²) in [5.74, 6) is -0.476. The quantitative estimate of drug-likeness (QED) is 0.870. The fourth-order valence-corrected chi connectivity index (χ4v) is 3.40. The Bertz CT molecular complexity index is 712. The first-order chi connectivity index (χ1) is 12.4. The second-order valence-electron chi connectivity index (χ2n) is 7.59. The largest absolute Gasteiger partial charge is 0.340 e. The van der Waals surface area contributed by atoms with Crippen LogP contribution in [0.3, 0.4) is 0 Å². The number of nitrogens with one attached hydrogen (secondary N) is 1. The molecule has 3 amide bonds. The van der Waals surface area contributed by atoms with Crippen molar-refractivity contribution in [3.05, 3.63) is 35.4 Å². The minimum Gasteiger partial charge on any atom is -0.340 e. The van der Waals surface area contributed by atoms with E-state index in [4.69, 9.17) is 0 Å². The van der Waals surface area contributed by atoms with E-state index >= 15 is 0 Å². The molecule has 1 N–H and O–H groups in total. The van der Waals surface area contributed by atoms with Gasteiger partial charge < -0.3 is 15.1 Å². The van der Waals surface area contributed by atoms with Crippen LogP contribution in [0.2, 0.25) is 0 Å². The predicted molar refractivity (Wildman–Crippen MR) is 98.6 cm³/mol. The number of rotatable bonds is 5. The molecule has 0 spiro atoms. The van der Waals surface area contributed by atoms with Gasteiger partial charge >= 0.3 is 0 Å². The van der Waals surface area contributed by atoms with E-state index < -0.39 is 6.04 Å². The van der Waals surface area contributed by atoms with Crippen molar-refractivity contribution < 1.29 is 14.4 Å². The molecule has 6 heteroatoms. The number of amides is 3. The molecular formula is C20H27N3O3. The fourth-order valence-electron chi connectivity index (χ4n) is 3.40. The standard InChI is InChI=1S/C20H27N3O3/c1-13(2)18(21-19(25)16-7-5-4-6-14(16)3)20(26)22-10-11-23(15-8-9-15)17(24)12-22/h4-7,13,15,18H,8-12H2,1-3H3,(H,21,25)/t18-/m1/s1. The summed E-state index contributed by atoms with van der Waals surface area (Å²) >= 11 is 0. The summed E-state index contributed by atoms with van der Waals surface area (Å²) in [6, 6.07) is 7.05. The predicted octanol–water partition coefficient (Wildman–Crippen LogP) is 1.58. The summed E-state index contributed by atoms with van der Waals surface area (Å²) in [6.45, 7) is 6.91. The molecule has 1 aromatic rings. The number of nitrogens with zero attached hydrogens (tertiary/aromatic N) is 2. The van der Waals surface area contributed by atoms with Gasteiger partial charge in [-0.25, -0.2) is 0 Å². The van der Waals surface area contributed by atoms with Crippen LogP contribution in [0.25, 0.3) is 0 Å². The molecule has 1 heterocycles. The first-order valence-electron chi connectivity index (χ1n) is 9.33. The van der Waals surface area contributed by atoms with Crippen LogP contribution in [0.5, 0.6) is 0 Å². The zero-order chi connectivity index (χ0) is 18.8. The van der Waals surface area contributed by atoms with E-state index in [1.54, 1.807) is 11.0 Å². The molecule has 26 heavy (non-hydrogen) atoms. The number of piperazine rings is 1. The Hall–Kier alpha value is -2.37. The first-order valence-corrected chi connectivity index (χ1v) is 9.33. The van der Waals surface area contributed by atoms with Crippen LogP contribution in [0.4, 0.5) is 0 Å². The molecule has 1 aliphatic carbocycles. The van der Waals surface area contributed by atoms with Crippen LogP contribution in [0.15, 0.2) is 24.3 Å². The van der Waals surface area contributed by atoms with Gasteiger partial charge in [-0.15, -0.1) is 0 Å². The van der Waals surface area contributed by atoms with Crippen LogP contribution in [0.1, 0.15) is 42.6 Å². The molecule has 0 bridgehead atoms. The zero-order valence-corrected chi connectivity index (χ0v) is 15.7. The highest BCUT2D eigenvalue weighted by molar-refractivity contribution is 5.99. The van der Waals surface area contributed by atoms with E-state index in [1.807, 2.05) is 43.9 Å². The lowest BCUT2D eigenvalue weighted by Gasteiger charge is -2.37. The van der Waals surface area contributed by atoms with E-state index in [0.717, 1.165) is 18.4 Å². The summed E-state index contributed by atoms with van der Waals surface area (Å²) in [6.07, 6.45) is 2.14. The van der Waals surface area contributed by atoms with Gasteiger partial charge in [-0.2, -0.15) is 0 Å². The highest BCUT2D eigenvalue weighted by Gasteiger charge is 2.38. The maximum Gasteiger partial charge on any atom is 0.252 e. The Morgan fingerprint density at radius 2 is 1.85 bits per heavy atom. The Morgan fingerprint density at radius 1 is 1.15 bits per heavy atom. The normalized spacial score (nSPS) is 18.8. The van der Waals surface area contributed by atoms with Gasteiger partial charge in [0.2, 0.25) is 11.8 Å². The highest BCUT2D eigenvalue weighted by Crippen LogP contribution is 2.28. The van der Waals surface area contributed by atoms with Gasteiger partial charge in [0.15, 0.2) is 0 Å². The van der Waals surface area contributed by atoms with Gasteiger partial charge in [0.25, 0.3) is 5.91 Å². The average Bonchev–Trinajstić information content (AvgIpc) is 3.43. The lowest BCUT2D eigenvalue weighted by atomic mass is 10.0. The molecule has 0 radical (unpaired) electrons. The van der Waals surface area contributed by atoms with Crippen LogP contribution in [-0.2, 0) is 9.59 Å². The summed E-state index contributed by atoms with van der Waals surface area (Å²) < 4.78 is 0. The van der Waals surface area contributed by atoms with Crippen molar-refractivity contribution in [3.63, 3.8) is 0 Å². The number of hydrogen-bond acceptors (Lipinski definition) is 3. The molecule has 1 atom stereocenters. The van der Waals surface area contributed by atoms with Crippen molar-refractivity contribution in [1.29, 1.82) is 0 Å². The number of hydrogen-bond donors (Lipinski definition) is 1. The Balaban J connectivity index is 1.67. The van der Waals surface area contributed by atoms with Crippen molar-refractivity contribution in [2.24, 2.45) is 5.92 Å². The monoisotopic (exact) mass is 357 g/mol. The molecule has 6 nitrogen and oxygen atoms in total. The number of aryl methyl sites for hydroxylation is 1.